The van der Waals surface area contributed by atoms with Crippen LogP contribution in [-0.4, -0.2) is 194 Å². The van der Waals surface area contributed by atoms with Gasteiger partial charge in [0.1, 0.15) is 11.4 Å². The molecule has 108 heavy (non-hydrogen) atoms. The molecule has 5 aromatic carbocycles. The summed E-state index contributed by atoms with van der Waals surface area (Å²) in [5.41, 5.74) is 9.37. The van der Waals surface area contributed by atoms with Gasteiger partial charge < -0.3 is 49.5 Å². The number of para-hydroxylation sites is 2. The summed E-state index contributed by atoms with van der Waals surface area (Å²) in [4.78, 5) is 144. The van der Waals surface area contributed by atoms with Crippen LogP contribution in [0.5, 0.6) is 0 Å². The van der Waals surface area contributed by atoms with Crippen LogP contribution >= 0.6 is 81.7 Å². The van der Waals surface area contributed by atoms with Crippen LogP contribution in [0.3, 0.4) is 0 Å². The number of halogens is 4. The van der Waals surface area contributed by atoms with Crippen LogP contribution in [0, 0.1) is 0 Å². The van der Waals surface area contributed by atoms with Crippen molar-refractivity contribution in [2.75, 3.05) is 93.2 Å². The van der Waals surface area contributed by atoms with Crippen molar-refractivity contribution in [1.29, 1.82) is 0 Å². The normalized spacial score (nSPS) is 21.3. The number of amides is 7. The lowest BCUT2D eigenvalue weighted by molar-refractivity contribution is -0.153. The van der Waals surface area contributed by atoms with Crippen molar-refractivity contribution in [3.05, 3.63) is 182 Å². The lowest BCUT2D eigenvalue weighted by Crippen LogP contribution is -2.51. The first-order chi connectivity index (χ1) is 52.2. The number of thioether (sulfide) groups is 3. The molecule has 0 radical (unpaired) electrons. The molecule has 0 saturated carbocycles. The molecule has 3 N–H and O–H groups in total. The molecule has 11 heterocycles. The zero-order chi connectivity index (χ0) is 75.3. The van der Waals surface area contributed by atoms with Crippen LogP contribution < -0.4 is 30.7 Å². The quantitative estimate of drug-likeness (QED) is 0.0714. The highest BCUT2D eigenvalue weighted by molar-refractivity contribution is 8.18. The molecule has 554 valence electrons. The van der Waals surface area contributed by atoms with Crippen LogP contribution in [0.4, 0.5) is 33.2 Å². The second kappa shape index (κ2) is 33.4. The van der Waals surface area contributed by atoms with E-state index in [9.17, 15) is 43.2 Å². The molecule has 32 heteroatoms. The number of rotatable bonds is 13. The number of nitrogens with one attached hydrogen (secondary N) is 3. The van der Waals surface area contributed by atoms with Crippen molar-refractivity contribution < 1.29 is 52.6 Å². The van der Waals surface area contributed by atoms with Crippen molar-refractivity contribution >= 4 is 212 Å². The summed E-state index contributed by atoms with van der Waals surface area (Å²) in [6.07, 6.45) is 9.63. The minimum absolute atomic E-state index is 0.0463. The second-order valence-corrected chi connectivity index (χ2v) is 31.1. The number of esters is 2. The van der Waals surface area contributed by atoms with E-state index in [0.29, 0.717) is 151 Å². The van der Waals surface area contributed by atoms with E-state index in [0.717, 1.165) is 91.3 Å². The molecule has 8 aromatic rings. The molecule has 2 unspecified atom stereocenters. The van der Waals surface area contributed by atoms with Crippen molar-refractivity contribution in [1.82, 2.24) is 45.6 Å². The predicted molar refractivity (Wildman–Crippen MR) is 423 cm³/mol. The Balaban J connectivity index is 0.000000138. The molecule has 8 fully saturated rings. The molecule has 0 aliphatic carbocycles. The third kappa shape index (κ3) is 17.2. The zero-order valence-electron chi connectivity index (χ0n) is 57.7. The zero-order valence-corrected chi connectivity index (χ0v) is 63.1. The van der Waals surface area contributed by atoms with Crippen molar-refractivity contribution in [2.24, 2.45) is 9.98 Å². The summed E-state index contributed by atoms with van der Waals surface area (Å²) in [5.74, 6) is -1.49. The number of nitrogens with zero attached hydrogens (tertiary/aromatic N) is 11. The number of carbonyl (C=O) groups excluding carboxylic acids is 9. The average Bonchev–Trinajstić information content (AvgIpc) is 0.966. The Hall–Kier alpha value is -9.81. The smallest absolute Gasteiger partial charge is 0.306 e. The lowest BCUT2D eigenvalue weighted by Gasteiger charge is -2.37. The van der Waals surface area contributed by atoms with E-state index in [4.69, 9.17) is 55.9 Å². The molecule has 3 aromatic heterocycles. The van der Waals surface area contributed by atoms with Gasteiger partial charge in [-0.15, -0.1) is 0 Å². The Morgan fingerprint density at radius 2 is 0.907 bits per heavy atom. The molecule has 16 rings (SSSR count). The number of ether oxygens (including phenoxy) is 2. The van der Waals surface area contributed by atoms with E-state index < -0.39 is 12.2 Å². The molecular weight excluding hydrogens is 1520 g/mol. The van der Waals surface area contributed by atoms with Gasteiger partial charge in [0.25, 0.3) is 23.0 Å². The first kappa shape index (κ1) is 75.0. The van der Waals surface area contributed by atoms with Gasteiger partial charge in [-0.3, -0.25) is 63.4 Å². The number of imide groups is 1. The molecule has 8 aliphatic heterocycles. The number of anilines is 3. The Bertz CT molecular complexity index is 4820. The highest BCUT2D eigenvalue weighted by Gasteiger charge is 2.38. The summed E-state index contributed by atoms with van der Waals surface area (Å²) in [6.45, 7) is 11.1. The number of benzene rings is 5. The van der Waals surface area contributed by atoms with Gasteiger partial charge >= 0.3 is 11.9 Å². The number of cyclic esters (lactones) is 2. The van der Waals surface area contributed by atoms with Gasteiger partial charge in [-0.1, -0.05) is 107 Å². The maximum atomic E-state index is 12.8. The summed E-state index contributed by atoms with van der Waals surface area (Å²) in [6, 6.07) is 34.1. The van der Waals surface area contributed by atoms with Gasteiger partial charge in [0.05, 0.1) is 52.0 Å². The highest BCUT2D eigenvalue weighted by Crippen LogP contribution is 2.39. The molecule has 0 bridgehead atoms. The fourth-order valence-corrected chi connectivity index (χ4v) is 17.4. The molecule has 8 saturated heterocycles. The van der Waals surface area contributed by atoms with E-state index in [1.807, 2.05) is 60.7 Å². The third-order valence-electron chi connectivity index (χ3n) is 19.2. The number of piperazine rings is 3. The summed E-state index contributed by atoms with van der Waals surface area (Å²) in [5, 5.41) is 12.4. The van der Waals surface area contributed by atoms with E-state index >= 15 is 0 Å². The van der Waals surface area contributed by atoms with E-state index in [1.165, 1.54) is 29.6 Å². The number of aliphatic imine (C=N–C) groups is 2. The summed E-state index contributed by atoms with van der Waals surface area (Å²) < 4.78 is 10.3. The molecule has 8 aliphatic rings. The van der Waals surface area contributed by atoms with Crippen molar-refractivity contribution in [3.63, 3.8) is 0 Å². The fourth-order valence-electron chi connectivity index (χ4n) is 13.7. The van der Waals surface area contributed by atoms with E-state index in [2.05, 4.69) is 74.3 Å². The Morgan fingerprint density at radius 1 is 0.509 bits per heavy atom. The minimum Gasteiger partial charge on any atom is -0.452 e. The van der Waals surface area contributed by atoms with Gasteiger partial charge in [0.2, 0.25) is 17.7 Å². The largest absolute Gasteiger partial charge is 0.452 e. The average molecular weight is 1590 g/mol. The second-order valence-electron chi connectivity index (χ2n) is 26.1. The Morgan fingerprint density at radius 3 is 1.29 bits per heavy atom. The molecule has 7 amide bonds. The Labute approximate surface area is 652 Å². The number of aromatic nitrogens is 3. The maximum Gasteiger partial charge on any atom is 0.306 e. The standard InChI is InChI=1S/2C28H25Cl2N5O4S.C20H18N4O3S/c2*29-18-2-1-3-19(30)25(18)32-28-33-26(37)23(40-28)15-16-4-5-20-17(14-16)21(8-9-31-20)34-10-12-35(13-11-34)27(38)22-6-7-24(36)39-22;1-2-18(25)24-9-7-23(8-10-24)16-5-6-21-15-4-3-13(11-14(15)16)12-17-19(26)22-20(27)28-17/h2*1-5,8-9,14,22-23H,6-7,10-13,15H2,(H,32,33,37);2-6,11-12H,1,7-10H2,(H,22,26,27)/b;;17-12-/t2*22-,23?;/m10./s1. The fraction of sp³-hybridized carbons (Fsp3) is 0.289. The topological polar surface area (TPSA) is 291 Å². The van der Waals surface area contributed by atoms with Crippen molar-refractivity contribution in [3.8, 4) is 0 Å². The van der Waals surface area contributed by atoms with Gasteiger partial charge in [-0.2, -0.15) is 0 Å². The molecule has 0 spiro atoms. The predicted octanol–water partition coefficient (Wildman–Crippen LogP) is 11.1. The van der Waals surface area contributed by atoms with Crippen LogP contribution in [0.2, 0.25) is 20.1 Å². The maximum absolute atomic E-state index is 12.8. The van der Waals surface area contributed by atoms with Crippen molar-refractivity contribution in [2.45, 2.75) is 61.2 Å². The number of fused-ring (bicyclic) bond motifs is 3. The van der Waals surface area contributed by atoms with Gasteiger partial charge in [-0.25, -0.2) is 9.98 Å². The number of hydrogen-bond acceptors (Lipinski definition) is 22. The van der Waals surface area contributed by atoms with Crippen LogP contribution in [0.1, 0.15) is 42.4 Å². The SMILES string of the molecule is C=CC(=O)N1CCN(c2ccnc3ccc(/C=C4\SC(=O)NC4=O)cc23)CC1.O=C1CC[C@@H](C(=O)N2CCN(c3ccnc4ccc(CC5SC(=Nc6c(Cl)cccc6Cl)NC5=O)cc34)CC2)O1.O=C1CC[C@H](C(=O)N2CCN(c3ccnc4ccc(CC5SC(=Nc6c(Cl)cccc6Cl)NC5=O)cc34)CC2)O1. The van der Waals surface area contributed by atoms with Gasteiger partial charge in [0, 0.05) is 156 Å². The lowest BCUT2D eigenvalue weighted by atomic mass is 10.0. The number of pyridine rings is 3. The van der Waals surface area contributed by atoms with Gasteiger partial charge in [0.15, 0.2) is 22.5 Å². The number of amidine groups is 2. The molecule has 4 atom stereocenters. The van der Waals surface area contributed by atoms with E-state index in [-0.39, 0.29) is 63.1 Å². The summed E-state index contributed by atoms with van der Waals surface area (Å²) >= 11 is 28.6. The van der Waals surface area contributed by atoms with Crippen LogP contribution in [-0.2, 0) is 60.7 Å². The Kier molecular flexibility index (Phi) is 23.2. The number of hydrogen-bond donors (Lipinski definition) is 3. The van der Waals surface area contributed by atoms with Crippen LogP contribution in [0.25, 0.3) is 38.8 Å². The van der Waals surface area contributed by atoms with Gasteiger partial charge in [-0.05, 0) is 132 Å². The molecular formula is C76H68Cl4N14O11S3. The highest BCUT2D eigenvalue weighted by atomic mass is 35.5. The minimum atomic E-state index is -0.652. The van der Waals surface area contributed by atoms with Crippen LogP contribution in [0.15, 0.2) is 155 Å². The molecule has 25 nitrogen and oxygen atoms in total. The third-order valence-corrected chi connectivity index (χ3v) is 23.4. The first-order valence-electron chi connectivity index (χ1n) is 34.8. The first-order valence-corrected chi connectivity index (χ1v) is 38.9. The summed E-state index contributed by atoms with van der Waals surface area (Å²) in [7, 11) is 0. The monoisotopic (exact) mass is 1590 g/mol. The van der Waals surface area contributed by atoms with E-state index in [1.54, 1.807) is 75.8 Å². The number of carbonyl (C=O) groups is 9.